The fourth-order valence-corrected chi connectivity index (χ4v) is 3.59. The van der Waals surface area contributed by atoms with Gasteiger partial charge in [0.2, 0.25) is 0 Å². The first-order chi connectivity index (χ1) is 17.5. The van der Waals surface area contributed by atoms with E-state index in [9.17, 15) is 50.6 Å². The van der Waals surface area contributed by atoms with Gasteiger partial charge >= 0.3 is 24.3 Å². The molecule has 0 saturated carbocycles. The maximum absolute atomic E-state index is 13.9. The van der Waals surface area contributed by atoms with Crippen LogP contribution in [0.2, 0.25) is 0 Å². The highest BCUT2D eigenvalue weighted by Gasteiger charge is 2.39. The Morgan fingerprint density at radius 1 is 0.737 bits per heavy atom. The summed E-state index contributed by atoms with van der Waals surface area (Å²) in [6, 6.07) is 5.28. The van der Waals surface area contributed by atoms with Gasteiger partial charge in [0.25, 0.3) is 5.91 Å². The number of hydrogen-bond acceptors (Lipinski definition) is 5. The number of benzene rings is 3. The van der Waals surface area contributed by atoms with Crippen molar-refractivity contribution in [3.63, 3.8) is 0 Å². The van der Waals surface area contributed by atoms with E-state index in [1.54, 1.807) is 0 Å². The van der Waals surface area contributed by atoms with Crippen LogP contribution in [0.5, 0.6) is 0 Å². The highest BCUT2D eigenvalue weighted by atomic mass is 19.4. The molecule has 0 unspecified atom stereocenters. The minimum atomic E-state index is -5.19. The third-order valence-corrected chi connectivity index (χ3v) is 5.24. The van der Waals surface area contributed by atoms with Crippen molar-refractivity contribution in [1.82, 2.24) is 0 Å². The third kappa shape index (κ3) is 5.58. The number of hydrogen-bond donors (Lipinski definition) is 4. The molecule has 0 fully saturated rings. The minimum absolute atomic E-state index is 0.0350. The predicted molar refractivity (Wildman–Crippen MR) is 120 cm³/mol. The van der Waals surface area contributed by atoms with E-state index in [1.165, 1.54) is 0 Å². The van der Waals surface area contributed by atoms with E-state index in [4.69, 9.17) is 10.8 Å². The molecule has 0 aliphatic rings. The number of rotatable bonds is 6. The largest absolute Gasteiger partial charge is 0.478 e. The number of anilines is 2. The quantitative estimate of drug-likeness (QED) is 0.185. The van der Waals surface area contributed by atoms with Crippen molar-refractivity contribution >= 4 is 35.5 Å². The number of aldehydes is 1. The van der Waals surface area contributed by atoms with Crippen LogP contribution in [0, 0.1) is 0 Å². The molecule has 0 spiro atoms. The summed E-state index contributed by atoms with van der Waals surface area (Å²) in [6.45, 7) is 0. The lowest BCUT2D eigenvalue weighted by Gasteiger charge is -2.19. The van der Waals surface area contributed by atoms with Crippen molar-refractivity contribution in [2.24, 2.45) is 0 Å². The average Bonchev–Trinajstić information content (AvgIpc) is 2.81. The number of aromatic carboxylic acids is 2. The zero-order valence-electron chi connectivity index (χ0n) is 18.6. The molecule has 0 bridgehead atoms. The van der Waals surface area contributed by atoms with E-state index >= 15 is 0 Å². The molecule has 3 aromatic carbocycles. The molecule has 3 rings (SSSR count). The molecule has 0 aliphatic carbocycles. The first-order valence-electron chi connectivity index (χ1n) is 10.1. The lowest BCUT2D eigenvalue weighted by molar-refractivity contribution is -0.139. The van der Waals surface area contributed by atoms with Crippen LogP contribution in [0.15, 0.2) is 48.5 Å². The zero-order chi connectivity index (χ0) is 28.6. The van der Waals surface area contributed by atoms with Gasteiger partial charge in [0.1, 0.15) is 0 Å². The number of carbonyl (C=O) groups excluding carboxylic acids is 2. The summed E-state index contributed by atoms with van der Waals surface area (Å²) >= 11 is 0. The molecule has 0 atom stereocenters. The molecule has 0 heterocycles. The van der Waals surface area contributed by atoms with E-state index in [-0.39, 0.29) is 12.0 Å². The lowest BCUT2D eigenvalue weighted by atomic mass is 9.93. The number of amides is 1. The molecule has 5 N–H and O–H groups in total. The normalized spacial score (nSPS) is 11.6. The predicted octanol–water partition coefficient (Wildman–Crippen LogP) is 5.43. The number of halogens is 6. The van der Waals surface area contributed by atoms with Crippen LogP contribution in [0.25, 0.3) is 11.1 Å². The Kier molecular flexibility index (Phi) is 7.20. The van der Waals surface area contributed by atoms with Crippen LogP contribution in [0.4, 0.5) is 37.7 Å². The lowest BCUT2D eigenvalue weighted by Crippen LogP contribution is -2.19. The molecule has 38 heavy (non-hydrogen) atoms. The van der Waals surface area contributed by atoms with E-state index in [0.29, 0.717) is 30.3 Å². The molecule has 198 valence electrons. The SMILES string of the molecule is Nc1ccc(-c2ccc(NC(=O)c3cc(C=O)c(C(=O)O)cc3C(=O)O)cc2C(F)(F)F)c(C(F)(F)F)c1. The van der Waals surface area contributed by atoms with Gasteiger partial charge in [-0.15, -0.1) is 0 Å². The average molecular weight is 540 g/mol. The number of nitrogens with two attached hydrogens (primary N) is 1. The topological polar surface area (TPSA) is 147 Å². The van der Waals surface area contributed by atoms with Gasteiger partial charge in [0.15, 0.2) is 6.29 Å². The minimum Gasteiger partial charge on any atom is -0.478 e. The Morgan fingerprint density at radius 2 is 1.26 bits per heavy atom. The Labute approximate surface area is 208 Å². The standard InChI is InChI=1S/C24H14F6N2O6/c25-23(26,27)18-6-11(31)1-3-13(18)14-4-2-12(7-19(14)24(28,29)30)32-20(34)16-5-10(9-33)15(21(35)36)8-17(16)22(37)38/h1-9H,31H2,(H,32,34)(H,35,36)(H,37,38). The molecule has 0 radical (unpaired) electrons. The fourth-order valence-electron chi connectivity index (χ4n) is 3.59. The van der Waals surface area contributed by atoms with Crippen LogP contribution < -0.4 is 11.1 Å². The van der Waals surface area contributed by atoms with E-state index < -0.39 is 80.4 Å². The second-order valence-corrected chi connectivity index (χ2v) is 7.73. The smallest absolute Gasteiger partial charge is 0.417 e. The molecule has 8 nitrogen and oxygen atoms in total. The monoisotopic (exact) mass is 540 g/mol. The Balaban J connectivity index is 2.13. The summed E-state index contributed by atoms with van der Waals surface area (Å²) in [6.07, 6.45) is -10.2. The number of carbonyl (C=O) groups is 4. The van der Waals surface area contributed by atoms with Crippen molar-refractivity contribution in [2.75, 3.05) is 11.1 Å². The molecular formula is C24H14F6N2O6. The Hall–Kier alpha value is -4.88. The number of nitrogen functional groups attached to an aromatic ring is 1. The summed E-state index contributed by atoms with van der Waals surface area (Å²) in [5.74, 6) is -4.77. The van der Waals surface area contributed by atoms with Crippen molar-refractivity contribution in [2.45, 2.75) is 12.4 Å². The van der Waals surface area contributed by atoms with E-state index in [0.717, 1.165) is 18.2 Å². The maximum Gasteiger partial charge on any atom is 0.417 e. The zero-order valence-corrected chi connectivity index (χ0v) is 18.6. The third-order valence-electron chi connectivity index (χ3n) is 5.24. The van der Waals surface area contributed by atoms with Gasteiger partial charge in [-0.05, 0) is 47.5 Å². The molecule has 0 aliphatic heterocycles. The van der Waals surface area contributed by atoms with Crippen LogP contribution in [0.1, 0.15) is 52.6 Å². The molecular weight excluding hydrogens is 526 g/mol. The Morgan fingerprint density at radius 3 is 1.76 bits per heavy atom. The summed E-state index contributed by atoms with van der Waals surface area (Å²) in [5.41, 5.74) is -3.16. The van der Waals surface area contributed by atoms with Crippen molar-refractivity contribution < 1.29 is 55.7 Å². The van der Waals surface area contributed by atoms with Crippen LogP contribution in [0.3, 0.4) is 0 Å². The van der Waals surface area contributed by atoms with Gasteiger partial charge in [-0.3, -0.25) is 9.59 Å². The molecule has 14 heteroatoms. The Bertz CT molecular complexity index is 1480. The van der Waals surface area contributed by atoms with E-state index in [1.807, 2.05) is 5.32 Å². The highest BCUT2D eigenvalue weighted by molar-refractivity contribution is 6.13. The summed E-state index contributed by atoms with van der Waals surface area (Å²) in [4.78, 5) is 46.8. The van der Waals surface area contributed by atoms with E-state index in [2.05, 4.69) is 0 Å². The molecule has 1 amide bonds. The first-order valence-corrected chi connectivity index (χ1v) is 10.1. The van der Waals surface area contributed by atoms with Gasteiger partial charge < -0.3 is 21.3 Å². The summed E-state index contributed by atoms with van der Waals surface area (Å²) in [7, 11) is 0. The summed E-state index contributed by atoms with van der Waals surface area (Å²) in [5, 5.41) is 20.5. The second kappa shape index (κ2) is 9.88. The van der Waals surface area contributed by atoms with Crippen molar-refractivity contribution in [3.05, 3.63) is 81.9 Å². The van der Waals surface area contributed by atoms with Gasteiger partial charge in [-0.1, -0.05) is 12.1 Å². The first kappa shape index (κ1) is 27.7. The van der Waals surface area contributed by atoms with Crippen molar-refractivity contribution in [3.8, 4) is 11.1 Å². The van der Waals surface area contributed by atoms with Gasteiger partial charge in [-0.2, -0.15) is 26.3 Å². The number of carboxylic acids is 2. The van der Waals surface area contributed by atoms with Crippen LogP contribution in [-0.2, 0) is 12.4 Å². The van der Waals surface area contributed by atoms with Gasteiger partial charge in [-0.25, -0.2) is 9.59 Å². The maximum atomic E-state index is 13.9. The summed E-state index contributed by atoms with van der Waals surface area (Å²) < 4.78 is 82.2. The van der Waals surface area contributed by atoms with Crippen LogP contribution >= 0.6 is 0 Å². The number of nitrogens with one attached hydrogen (secondary N) is 1. The second-order valence-electron chi connectivity index (χ2n) is 7.73. The molecule has 0 aromatic heterocycles. The van der Waals surface area contributed by atoms with Gasteiger partial charge in [0.05, 0.1) is 27.8 Å². The number of alkyl halides is 6. The molecule has 3 aromatic rings. The number of carboxylic acid groups (broad SMARTS) is 2. The fraction of sp³-hybridized carbons (Fsp3) is 0.0833. The van der Waals surface area contributed by atoms with Crippen molar-refractivity contribution in [1.29, 1.82) is 0 Å². The molecule has 0 saturated heterocycles. The highest BCUT2D eigenvalue weighted by Crippen LogP contribution is 2.44. The van der Waals surface area contributed by atoms with Crippen LogP contribution in [-0.4, -0.2) is 34.3 Å². The van der Waals surface area contributed by atoms with Gasteiger partial charge in [0, 0.05) is 16.9 Å².